The van der Waals surface area contributed by atoms with Crippen molar-refractivity contribution in [1.29, 1.82) is 0 Å². The zero-order valence-corrected chi connectivity index (χ0v) is 10.1. The van der Waals surface area contributed by atoms with E-state index < -0.39 is 0 Å². The van der Waals surface area contributed by atoms with Crippen LogP contribution in [0, 0.1) is 6.92 Å². The summed E-state index contributed by atoms with van der Waals surface area (Å²) in [4.78, 5) is 4.21. The molecule has 7 heteroatoms. The Kier molecular flexibility index (Phi) is 3.32. The van der Waals surface area contributed by atoms with Gasteiger partial charge in [0, 0.05) is 6.42 Å². The van der Waals surface area contributed by atoms with Gasteiger partial charge in [0.1, 0.15) is 5.01 Å². The van der Waals surface area contributed by atoms with Gasteiger partial charge in [-0.05, 0) is 6.92 Å². The number of nitrogens with zero attached hydrogens (tertiary/aromatic N) is 4. The minimum Gasteiger partial charge on any atom is -0.338 e. The number of hydrogen-bond donors (Lipinski definition) is 0. The largest absolute Gasteiger partial charge is 0.338 e. The first-order chi connectivity index (χ1) is 7.28. The maximum absolute atomic E-state index is 5.06. The predicted molar refractivity (Wildman–Crippen MR) is 57.9 cm³/mol. The molecule has 0 atom stereocenters. The summed E-state index contributed by atoms with van der Waals surface area (Å²) >= 11 is 3.14. The van der Waals surface area contributed by atoms with Crippen LogP contribution in [0.3, 0.4) is 0 Å². The molecule has 80 valence electrons. The summed E-state index contributed by atoms with van der Waals surface area (Å²) in [5, 5.41) is 12.7. The van der Waals surface area contributed by atoms with E-state index in [0.29, 0.717) is 11.6 Å². The highest BCUT2D eigenvalue weighted by molar-refractivity contribution is 8.00. The summed E-state index contributed by atoms with van der Waals surface area (Å²) < 4.78 is 5.99. The van der Waals surface area contributed by atoms with E-state index in [-0.39, 0.29) is 0 Å². The highest BCUT2D eigenvalue weighted by Crippen LogP contribution is 2.24. The Labute approximate surface area is 95.3 Å². The van der Waals surface area contributed by atoms with E-state index in [0.717, 1.165) is 21.6 Å². The van der Waals surface area contributed by atoms with Gasteiger partial charge >= 0.3 is 0 Å². The van der Waals surface area contributed by atoms with Crippen LogP contribution in [-0.4, -0.2) is 20.3 Å². The fraction of sp³-hybridized carbons (Fsp3) is 0.500. The standard InChI is InChI=1S/C8H10N4OS2/c1-3-6-9-7(13-12-6)4-14-8-11-10-5(2)15-8/h3-4H2,1-2H3. The van der Waals surface area contributed by atoms with Gasteiger partial charge in [0.2, 0.25) is 5.89 Å². The van der Waals surface area contributed by atoms with E-state index in [2.05, 4.69) is 20.3 Å². The van der Waals surface area contributed by atoms with Gasteiger partial charge < -0.3 is 4.52 Å². The molecule has 0 spiro atoms. The molecule has 0 N–H and O–H groups in total. The molecule has 0 fully saturated rings. The van der Waals surface area contributed by atoms with E-state index in [1.54, 1.807) is 23.1 Å². The summed E-state index contributed by atoms with van der Waals surface area (Å²) in [5.41, 5.74) is 0. The highest BCUT2D eigenvalue weighted by Gasteiger charge is 2.07. The Balaban J connectivity index is 1.93. The van der Waals surface area contributed by atoms with E-state index in [9.17, 15) is 0 Å². The van der Waals surface area contributed by atoms with E-state index in [4.69, 9.17) is 4.52 Å². The molecule has 0 saturated carbocycles. The second-order valence-corrected chi connectivity index (χ2v) is 5.24. The second kappa shape index (κ2) is 4.71. The predicted octanol–water partition coefficient (Wildman–Crippen LogP) is 2.08. The van der Waals surface area contributed by atoms with Crippen LogP contribution >= 0.6 is 23.1 Å². The molecule has 2 aromatic heterocycles. The molecular weight excluding hydrogens is 232 g/mol. The van der Waals surface area contributed by atoms with Gasteiger partial charge in [0.25, 0.3) is 0 Å². The minimum atomic E-state index is 0.643. The summed E-state index contributed by atoms with van der Waals surface area (Å²) in [6.45, 7) is 3.93. The SMILES string of the molecule is CCc1noc(CSc2nnc(C)s2)n1. The molecule has 5 nitrogen and oxygen atoms in total. The minimum absolute atomic E-state index is 0.643. The second-order valence-electron chi connectivity index (χ2n) is 2.83. The van der Waals surface area contributed by atoms with Crippen LogP contribution < -0.4 is 0 Å². The quantitative estimate of drug-likeness (QED) is 0.765. The van der Waals surface area contributed by atoms with Crippen LogP contribution in [-0.2, 0) is 12.2 Å². The lowest BCUT2D eigenvalue weighted by Gasteiger charge is -1.88. The van der Waals surface area contributed by atoms with Crippen molar-refractivity contribution in [2.75, 3.05) is 0 Å². The summed E-state index contributed by atoms with van der Waals surface area (Å²) in [6.07, 6.45) is 0.798. The first-order valence-electron chi connectivity index (χ1n) is 4.52. The Morgan fingerprint density at radius 2 is 2.27 bits per heavy atom. The van der Waals surface area contributed by atoms with Gasteiger partial charge in [-0.1, -0.05) is 35.2 Å². The van der Waals surface area contributed by atoms with Crippen LogP contribution in [0.2, 0.25) is 0 Å². The summed E-state index contributed by atoms with van der Waals surface area (Å²) in [7, 11) is 0. The lowest BCUT2D eigenvalue weighted by Crippen LogP contribution is -1.84. The van der Waals surface area contributed by atoms with Gasteiger partial charge in [-0.2, -0.15) is 4.98 Å². The number of aromatic nitrogens is 4. The molecule has 0 bridgehead atoms. The molecule has 2 heterocycles. The fourth-order valence-electron chi connectivity index (χ4n) is 0.953. The lowest BCUT2D eigenvalue weighted by atomic mass is 10.5. The molecule has 0 radical (unpaired) electrons. The summed E-state index contributed by atoms with van der Waals surface area (Å²) in [5.74, 6) is 2.05. The molecule has 2 rings (SSSR count). The third-order valence-electron chi connectivity index (χ3n) is 1.65. The summed E-state index contributed by atoms with van der Waals surface area (Å²) in [6, 6.07) is 0. The van der Waals surface area contributed by atoms with Crippen molar-refractivity contribution in [3.8, 4) is 0 Å². The van der Waals surface area contributed by atoms with Crippen LogP contribution in [0.1, 0.15) is 23.6 Å². The van der Waals surface area contributed by atoms with Gasteiger partial charge in [-0.25, -0.2) is 0 Å². The van der Waals surface area contributed by atoms with Crippen molar-refractivity contribution in [2.45, 2.75) is 30.4 Å². The Bertz CT molecular complexity index is 439. The normalized spacial score (nSPS) is 10.8. The third kappa shape index (κ3) is 2.75. The molecule has 0 unspecified atom stereocenters. The van der Waals surface area contributed by atoms with Crippen molar-refractivity contribution in [3.63, 3.8) is 0 Å². The first kappa shape index (κ1) is 10.6. The number of hydrogen-bond acceptors (Lipinski definition) is 7. The Hall–Kier alpha value is -0.950. The van der Waals surface area contributed by atoms with Crippen LogP contribution in [0.15, 0.2) is 8.86 Å². The number of thioether (sulfide) groups is 1. The van der Waals surface area contributed by atoms with Gasteiger partial charge in [-0.3, -0.25) is 0 Å². The molecule has 0 aliphatic heterocycles. The molecule has 0 saturated heterocycles. The van der Waals surface area contributed by atoms with Gasteiger partial charge in [0.15, 0.2) is 10.2 Å². The maximum atomic E-state index is 5.06. The molecule has 0 aliphatic rings. The van der Waals surface area contributed by atoms with Crippen molar-refractivity contribution in [2.24, 2.45) is 0 Å². The number of aryl methyl sites for hydroxylation is 2. The topological polar surface area (TPSA) is 64.7 Å². The average Bonchev–Trinajstić information content (AvgIpc) is 2.83. The maximum Gasteiger partial charge on any atom is 0.237 e. The molecule has 0 aliphatic carbocycles. The van der Waals surface area contributed by atoms with Crippen LogP contribution in [0.5, 0.6) is 0 Å². The van der Waals surface area contributed by atoms with Crippen molar-refractivity contribution in [1.82, 2.24) is 20.3 Å². The lowest BCUT2D eigenvalue weighted by molar-refractivity contribution is 0.385. The van der Waals surface area contributed by atoms with Crippen molar-refractivity contribution in [3.05, 3.63) is 16.7 Å². The molecule has 15 heavy (non-hydrogen) atoms. The van der Waals surface area contributed by atoms with E-state index >= 15 is 0 Å². The monoisotopic (exact) mass is 242 g/mol. The smallest absolute Gasteiger partial charge is 0.237 e. The van der Waals surface area contributed by atoms with Crippen molar-refractivity contribution < 1.29 is 4.52 Å². The molecule has 2 aromatic rings. The van der Waals surface area contributed by atoms with E-state index in [1.165, 1.54) is 0 Å². The third-order valence-corrected chi connectivity index (χ3v) is 3.61. The molecule has 0 amide bonds. The number of rotatable bonds is 4. The zero-order valence-electron chi connectivity index (χ0n) is 8.43. The van der Waals surface area contributed by atoms with Gasteiger partial charge in [-0.15, -0.1) is 10.2 Å². The van der Waals surface area contributed by atoms with E-state index in [1.807, 2.05) is 13.8 Å². The Morgan fingerprint density at radius 1 is 1.40 bits per heavy atom. The van der Waals surface area contributed by atoms with Gasteiger partial charge in [0.05, 0.1) is 5.75 Å². The first-order valence-corrected chi connectivity index (χ1v) is 6.32. The fourth-order valence-corrected chi connectivity index (χ4v) is 2.61. The van der Waals surface area contributed by atoms with Crippen LogP contribution in [0.25, 0.3) is 0 Å². The van der Waals surface area contributed by atoms with Crippen molar-refractivity contribution >= 4 is 23.1 Å². The average molecular weight is 242 g/mol. The highest BCUT2D eigenvalue weighted by atomic mass is 32.2. The zero-order chi connectivity index (χ0) is 10.7. The Morgan fingerprint density at radius 3 is 2.87 bits per heavy atom. The molecular formula is C8H10N4OS2. The van der Waals surface area contributed by atoms with Crippen LogP contribution in [0.4, 0.5) is 0 Å². The molecule has 0 aromatic carbocycles.